The zero-order valence-corrected chi connectivity index (χ0v) is 11.3. The summed E-state index contributed by atoms with van der Waals surface area (Å²) in [6, 6.07) is 3.70. The quantitative estimate of drug-likeness (QED) is 0.782. The second kappa shape index (κ2) is 5.56. The van der Waals surface area contributed by atoms with Gasteiger partial charge in [-0.25, -0.2) is 9.97 Å². The molecule has 0 aromatic carbocycles. The Morgan fingerprint density at radius 1 is 1.41 bits per heavy atom. The summed E-state index contributed by atoms with van der Waals surface area (Å²) in [6.45, 7) is 4.02. The molecule has 0 radical (unpaired) electrons. The number of nitrogens with zero attached hydrogens (tertiary/aromatic N) is 2. The molecule has 0 spiro atoms. The predicted octanol–water partition coefficient (Wildman–Crippen LogP) is 4.14. The highest BCUT2D eigenvalue weighted by Gasteiger charge is 2.08. The van der Waals surface area contributed by atoms with Gasteiger partial charge < -0.3 is 4.42 Å². The predicted molar refractivity (Wildman–Crippen MR) is 68.6 cm³/mol. The van der Waals surface area contributed by atoms with Crippen molar-refractivity contribution in [2.45, 2.75) is 36.6 Å². The molecular weight excluding hydrogens is 256 g/mol. The number of halogens is 1. The Balaban J connectivity index is 2.23. The van der Waals surface area contributed by atoms with E-state index in [1.54, 1.807) is 24.1 Å². The fraction of sp³-hybridized carbons (Fsp3) is 0.333. The maximum absolute atomic E-state index is 5.98. The van der Waals surface area contributed by atoms with Crippen LogP contribution in [0, 0.1) is 6.92 Å². The average Bonchev–Trinajstić information content (AvgIpc) is 2.64. The molecule has 0 aliphatic rings. The van der Waals surface area contributed by atoms with Crippen molar-refractivity contribution in [2.24, 2.45) is 0 Å². The lowest BCUT2D eigenvalue weighted by atomic mass is 10.3. The molecule has 2 rings (SSSR count). The molecule has 0 atom stereocenters. The van der Waals surface area contributed by atoms with E-state index in [1.807, 2.05) is 13.0 Å². The van der Waals surface area contributed by atoms with Crippen LogP contribution in [0.5, 0.6) is 0 Å². The molecule has 90 valence electrons. The Morgan fingerprint density at radius 2 is 2.24 bits per heavy atom. The van der Waals surface area contributed by atoms with Gasteiger partial charge in [0.15, 0.2) is 0 Å². The topological polar surface area (TPSA) is 38.9 Å². The molecule has 0 amide bonds. The smallest absolute Gasteiger partial charge is 0.133 e. The molecule has 0 saturated heterocycles. The monoisotopic (exact) mass is 268 g/mol. The molecule has 0 saturated carbocycles. The Kier molecular flexibility index (Phi) is 4.07. The Morgan fingerprint density at radius 3 is 2.88 bits per heavy atom. The third-order valence-electron chi connectivity index (χ3n) is 2.22. The molecule has 5 heteroatoms. The van der Waals surface area contributed by atoms with E-state index in [-0.39, 0.29) is 0 Å². The average molecular weight is 269 g/mol. The summed E-state index contributed by atoms with van der Waals surface area (Å²) in [5.41, 5.74) is 0. The lowest BCUT2D eigenvalue weighted by Gasteiger charge is -2.03. The van der Waals surface area contributed by atoms with Crippen LogP contribution in [0.2, 0.25) is 5.15 Å². The van der Waals surface area contributed by atoms with Crippen LogP contribution < -0.4 is 0 Å². The maximum Gasteiger partial charge on any atom is 0.133 e. The van der Waals surface area contributed by atoms with Gasteiger partial charge in [0.2, 0.25) is 0 Å². The highest BCUT2D eigenvalue weighted by atomic mass is 35.5. The van der Waals surface area contributed by atoms with Gasteiger partial charge in [0.05, 0.1) is 11.2 Å². The van der Waals surface area contributed by atoms with E-state index < -0.39 is 0 Å². The van der Waals surface area contributed by atoms with Crippen LogP contribution in [0.3, 0.4) is 0 Å². The second-order valence-corrected chi connectivity index (χ2v) is 5.09. The summed E-state index contributed by atoms with van der Waals surface area (Å²) < 4.78 is 5.25. The normalized spacial score (nSPS) is 10.8. The van der Waals surface area contributed by atoms with E-state index in [9.17, 15) is 0 Å². The minimum atomic E-state index is 0.493. The van der Waals surface area contributed by atoms with Gasteiger partial charge in [-0.3, -0.25) is 0 Å². The van der Waals surface area contributed by atoms with Crippen molar-refractivity contribution >= 4 is 23.4 Å². The number of aryl methyl sites for hydroxylation is 2. The fourth-order valence-corrected chi connectivity index (χ4v) is 2.55. The van der Waals surface area contributed by atoms with Gasteiger partial charge in [-0.1, -0.05) is 30.3 Å². The van der Waals surface area contributed by atoms with E-state index in [4.69, 9.17) is 16.0 Å². The Hall–Kier alpha value is -1.00. The molecule has 0 fully saturated rings. The SMILES string of the molecule is CCCc1nc(Cl)cc(Sc2ccoc2C)n1. The zero-order chi connectivity index (χ0) is 12.3. The molecule has 17 heavy (non-hydrogen) atoms. The van der Waals surface area contributed by atoms with Crippen molar-refractivity contribution in [3.05, 3.63) is 35.1 Å². The molecule has 2 aromatic rings. The second-order valence-electron chi connectivity index (χ2n) is 3.64. The van der Waals surface area contributed by atoms with Crippen LogP contribution in [0.25, 0.3) is 0 Å². The molecule has 2 aromatic heterocycles. The van der Waals surface area contributed by atoms with Crippen molar-refractivity contribution in [3.63, 3.8) is 0 Å². The number of hydrogen-bond acceptors (Lipinski definition) is 4. The Bertz CT molecular complexity index is 513. The molecule has 2 heterocycles. The van der Waals surface area contributed by atoms with Gasteiger partial charge in [0.25, 0.3) is 0 Å². The van der Waals surface area contributed by atoms with Crippen molar-refractivity contribution in [1.82, 2.24) is 9.97 Å². The third kappa shape index (κ3) is 3.23. The van der Waals surface area contributed by atoms with Gasteiger partial charge >= 0.3 is 0 Å². The number of hydrogen-bond donors (Lipinski definition) is 0. The van der Waals surface area contributed by atoms with E-state index in [2.05, 4.69) is 16.9 Å². The first-order valence-electron chi connectivity index (χ1n) is 5.44. The molecule has 3 nitrogen and oxygen atoms in total. The summed E-state index contributed by atoms with van der Waals surface area (Å²) >= 11 is 7.52. The van der Waals surface area contributed by atoms with Gasteiger partial charge in [-0.2, -0.15) is 0 Å². The van der Waals surface area contributed by atoms with E-state index >= 15 is 0 Å². The van der Waals surface area contributed by atoms with Crippen molar-refractivity contribution in [2.75, 3.05) is 0 Å². The van der Waals surface area contributed by atoms with Crippen molar-refractivity contribution < 1.29 is 4.42 Å². The minimum Gasteiger partial charge on any atom is -0.468 e. The first kappa shape index (κ1) is 12.5. The molecule has 0 N–H and O–H groups in total. The summed E-state index contributed by atoms with van der Waals surface area (Å²) in [4.78, 5) is 9.72. The van der Waals surface area contributed by atoms with E-state index in [1.165, 1.54) is 0 Å². The molecule has 0 unspecified atom stereocenters. The largest absolute Gasteiger partial charge is 0.468 e. The maximum atomic E-state index is 5.98. The fourth-order valence-electron chi connectivity index (χ4n) is 1.42. The zero-order valence-electron chi connectivity index (χ0n) is 9.74. The van der Waals surface area contributed by atoms with Crippen molar-refractivity contribution in [1.29, 1.82) is 0 Å². The van der Waals surface area contributed by atoms with Crippen molar-refractivity contribution in [3.8, 4) is 0 Å². The highest BCUT2D eigenvalue weighted by molar-refractivity contribution is 7.99. The minimum absolute atomic E-state index is 0.493. The summed E-state index contributed by atoms with van der Waals surface area (Å²) in [6.07, 6.45) is 3.53. The summed E-state index contributed by atoms with van der Waals surface area (Å²) in [5.74, 6) is 1.69. The summed E-state index contributed by atoms with van der Waals surface area (Å²) in [7, 11) is 0. The first-order chi connectivity index (χ1) is 8.19. The summed E-state index contributed by atoms with van der Waals surface area (Å²) in [5, 5.41) is 1.35. The lowest BCUT2D eigenvalue weighted by molar-refractivity contribution is 0.527. The molecule has 0 aliphatic carbocycles. The molecular formula is C12H13ClN2OS. The first-order valence-corrected chi connectivity index (χ1v) is 6.64. The van der Waals surface area contributed by atoms with Gasteiger partial charge in [0, 0.05) is 12.5 Å². The number of aromatic nitrogens is 2. The third-order valence-corrected chi connectivity index (χ3v) is 3.47. The Labute approximate surface area is 110 Å². The van der Waals surface area contributed by atoms with Gasteiger partial charge in [0.1, 0.15) is 21.8 Å². The highest BCUT2D eigenvalue weighted by Crippen LogP contribution is 2.30. The van der Waals surface area contributed by atoms with Gasteiger partial charge in [-0.05, 0) is 19.4 Å². The number of rotatable bonds is 4. The van der Waals surface area contributed by atoms with Crippen LogP contribution in [0.15, 0.2) is 32.7 Å². The van der Waals surface area contributed by atoms with Crippen LogP contribution in [-0.2, 0) is 6.42 Å². The van der Waals surface area contributed by atoms with Crippen LogP contribution in [-0.4, -0.2) is 9.97 Å². The molecule has 0 bridgehead atoms. The van der Waals surface area contributed by atoms with E-state index in [0.717, 1.165) is 34.3 Å². The standard InChI is InChI=1S/C12H13ClN2OS/c1-3-4-11-14-10(13)7-12(15-11)17-9-5-6-16-8(9)2/h5-7H,3-4H2,1-2H3. The van der Waals surface area contributed by atoms with Crippen LogP contribution in [0.4, 0.5) is 0 Å². The lowest BCUT2D eigenvalue weighted by Crippen LogP contribution is -1.96. The number of furan rings is 1. The van der Waals surface area contributed by atoms with Gasteiger partial charge in [-0.15, -0.1) is 0 Å². The van der Waals surface area contributed by atoms with Crippen LogP contribution in [0.1, 0.15) is 24.9 Å². The van der Waals surface area contributed by atoms with Crippen LogP contribution >= 0.6 is 23.4 Å². The molecule has 0 aliphatic heterocycles. The van der Waals surface area contributed by atoms with E-state index in [0.29, 0.717) is 5.15 Å².